The predicted octanol–water partition coefficient (Wildman–Crippen LogP) is 4.59. The van der Waals surface area contributed by atoms with Gasteiger partial charge in [0.05, 0.1) is 32.1 Å². The lowest BCUT2D eigenvalue weighted by atomic mass is 9.47. The lowest BCUT2D eigenvalue weighted by Crippen LogP contribution is -2.57. The minimum Gasteiger partial charge on any atom is -0.497 e. The van der Waals surface area contributed by atoms with Crippen LogP contribution in [-0.4, -0.2) is 46.8 Å². The van der Waals surface area contributed by atoms with Crippen molar-refractivity contribution in [3.8, 4) is 5.75 Å². The molecule has 0 bridgehead atoms. The fraction of sp³-hybridized carbons (Fsp3) is 0.483. The first-order chi connectivity index (χ1) is 18.7. The van der Waals surface area contributed by atoms with E-state index in [1.54, 1.807) is 42.7 Å². The second-order valence-corrected chi connectivity index (χ2v) is 13.2. The van der Waals surface area contributed by atoms with Crippen LogP contribution in [0.3, 0.4) is 0 Å². The van der Waals surface area contributed by atoms with Crippen LogP contribution >= 0.6 is 22.7 Å². The molecule has 2 amide bonds. The second kappa shape index (κ2) is 11.0. The molecule has 0 radical (unpaired) electrons. The summed E-state index contributed by atoms with van der Waals surface area (Å²) in [7, 11) is 1.58. The van der Waals surface area contributed by atoms with Gasteiger partial charge in [-0.3, -0.25) is 14.9 Å². The maximum atomic E-state index is 13.2. The van der Waals surface area contributed by atoms with E-state index in [1.807, 2.05) is 24.4 Å². The lowest BCUT2D eigenvalue weighted by Gasteiger charge is -2.58. The molecule has 0 spiro atoms. The van der Waals surface area contributed by atoms with Gasteiger partial charge in [-0.1, -0.05) is 19.9 Å². The average Bonchev–Trinajstić information content (AvgIpc) is 3.61. The van der Waals surface area contributed by atoms with Crippen molar-refractivity contribution in [2.45, 2.75) is 58.1 Å². The van der Waals surface area contributed by atoms with Crippen molar-refractivity contribution in [1.29, 1.82) is 0 Å². The molecule has 0 aliphatic heterocycles. The first kappa shape index (κ1) is 27.8. The Morgan fingerprint density at radius 2 is 1.97 bits per heavy atom. The van der Waals surface area contributed by atoms with Gasteiger partial charge in [0.1, 0.15) is 5.75 Å². The maximum Gasteiger partial charge on any atom is 0.257 e. The van der Waals surface area contributed by atoms with Gasteiger partial charge in [0.15, 0.2) is 5.13 Å². The summed E-state index contributed by atoms with van der Waals surface area (Å²) in [4.78, 5) is 33.2. The Balaban J connectivity index is 1.44. The number of anilines is 1. The van der Waals surface area contributed by atoms with E-state index in [9.17, 15) is 19.8 Å². The minimum absolute atomic E-state index is 0.0491. The van der Waals surface area contributed by atoms with Crippen molar-refractivity contribution in [1.82, 2.24) is 10.3 Å². The Hall–Kier alpha value is -2.79. The highest BCUT2D eigenvalue weighted by Gasteiger charge is 2.59. The van der Waals surface area contributed by atoms with Crippen LogP contribution in [0.1, 0.15) is 64.8 Å². The van der Waals surface area contributed by atoms with Crippen LogP contribution in [0.5, 0.6) is 5.75 Å². The number of aromatic nitrogens is 1. The van der Waals surface area contributed by atoms with E-state index < -0.39 is 11.5 Å². The van der Waals surface area contributed by atoms with Gasteiger partial charge >= 0.3 is 0 Å². The summed E-state index contributed by atoms with van der Waals surface area (Å²) in [6, 6.07) is 10.8. The molecule has 5 atom stereocenters. The normalized spacial score (nSPS) is 27.8. The zero-order chi connectivity index (χ0) is 27.8. The lowest BCUT2D eigenvalue weighted by molar-refractivity contribution is -0.144. The Morgan fingerprint density at radius 1 is 1.21 bits per heavy atom. The highest BCUT2D eigenvalue weighted by atomic mass is 32.1. The number of ether oxygens (including phenoxy) is 1. The Morgan fingerprint density at radius 3 is 2.64 bits per heavy atom. The van der Waals surface area contributed by atoms with Crippen LogP contribution in [0.2, 0.25) is 0 Å². The van der Waals surface area contributed by atoms with Crippen LogP contribution in [0, 0.1) is 16.7 Å². The number of hydrogen-bond donors (Lipinski definition) is 4. The number of carbonyl (C=O) groups excluding carboxylic acids is 2. The van der Waals surface area contributed by atoms with E-state index in [2.05, 4.69) is 17.6 Å². The summed E-state index contributed by atoms with van der Waals surface area (Å²) in [6.45, 7) is 4.46. The van der Waals surface area contributed by atoms with Gasteiger partial charge in [0, 0.05) is 33.1 Å². The third-order valence-electron chi connectivity index (χ3n) is 8.90. The molecule has 2 aliphatic carbocycles. The Bertz CT molecular complexity index is 1330. The predicted molar refractivity (Wildman–Crippen MR) is 152 cm³/mol. The van der Waals surface area contributed by atoms with Crippen LogP contribution in [0.25, 0.3) is 0 Å². The van der Waals surface area contributed by atoms with Crippen LogP contribution in [0.4, 0.5) is 5.13 Å². The van der Waals surface area contributed by atoms with Crippen LogP contribution in [0.15, 0.2) is 41.8 Å². The number of methoxy groups -OCH3 is 1. The molecule has 1 aromatic carbocycles. The van der Waals surface area contributed by atoms with E-state index in [1.165, 1.54) is 11.3 Å². The standard InChI is InChI=1S/C29H35N3O5S2/c1-28-11-10-23(34)29(2,16-33)22(28)14-21-25(20(28)13-24(35)30-15-19-5-4-12-38-19)31-27(39-21)32-26(36)17-6-8-18(37-3)9-7-17/h4-9,12,20,22-23,33-34H,10-11,13-16H2,1-3H3,(H,30,35)(H,31,32,36). The number of aliphatic hydroxyl groups is 2. The third kappa shape index (κ3) is 5.23. The van der Waals surface area contributed by atoms with Gasteiger partial charge in [0.25, 0.3) is 5.91 Å². The molecule has 4 N–H and O–H groups in total. The number of thiophene rings is 1. The summed E-state index contributed by atoms with van der Waals surface area (Å²) >= 11 is 3.01. The second-order valence-electron chi connectivity index (χ2n) is 11.1. The number of fused-ring (bicyclic) bond motifs is 2. The molecular formula is C29H35N3O5S2. The average molecular weight is 570 g/mol. The van der Waals surface area contributed by atoms with Gasteiger partial charge < -0.3 is 20.3 Å². The van der Waals surface area contributed by atoms with Gasteiger partial charge in [-0.05, 0) is 66.3 Å². The Kier molecular flexibility index (Phi) is 7.83. The topological polar surface area (TPSA) is 121 Å². The molecule has 10 heteroatoms. The number of aliphatic hydroxyl groups excluding tert-OH is 2. The summed E-state index contributed by atoms with van der Waals surface area (Å²) in [5, 5.41) is 29.9. The number of carbonyl (C=O) groups is 2. The first-order valence-electron chi connectivity index (χ1n) is 13.2. The van der Waals surface area contributed by atoms with Crippen molar-refractivity contribution in [2.75, 3.05) is 19.0 Å². The molecule has 2 aromatic heterocycles. The van der Waals surface area contributed by atoms with E-state index in [0.717, 1.165) is 21.9 Å². The summed E-state index contributed by atoms with van der Waals surface area (Å²) in [5.41, 5.74) is 0.277. The van der Waals surface area contributed by atoms with E-state index in [-0.39, 0.29) is 42.1 Å². The third-order valence-corrected chi connectivity index (χ3v) is 10.8. The molecule has 2 heterocycles. The van der Waals surface area contributed by atoms with Crippen molar-refractivity contribution in [2.24, 2.45) is 16.7 Å². The molecule has 0 saturated heterocycles. The zero-order valence-corrected chi connectivity index (χ0v) is 24.0. The van der Waals surface area contributed by atoms with Crippen LogP contribution in [-0.2, 0) is 17.8 Å². The number of nitrogens with one attached hydrogen (secondary N) is 2. The highest BCUT2D eigenvalue weighted by molar-refractivity contribution is 7.16. The van der Waals surface area contributed by atoms with Crippen molar-refractivity contribution in [3.63, 3.8) is 0 Å². The number of amides is 2. The monoisotopic (exact) mass is 569 g/mol. The molecule has 3 aromatic rings. The molecule has 208 valence electrons. The fourth-order valence-electron chi connectivity index (χ4n) is 6.47. The quantitative estimate of drug-likeness (QED) is 0.315. The molecule has 5 unspecified atom stereocenters. The fourth-order valence-corrected chi connectivity index (χ4v) is 8.18. The van der Waals surface area contributed by atoms with Gasteiger partial charge in [0.2, 0.25) is 5.91 Å². The number of nitrogens with zero attached hydrogens (tertiary/aromatic N) is 1. The number of hydrogen-bond acceptors (Lipinski definition) is 8. The zero-order valence-electron chi connectivity index (χ0n) is 22.4. The van der Waals surface area contributed by atoms with Gasteiger partial charge in [-0.2, -0.15) is 0 Å². The smallest absolute Gasteiger partial charge is 0.257 e. The van der Waals surface area contributed by atoms with Crippen molar-refractivity contribution in [3.05, 3.63) is 62.8 Å². The number of rotatable bonds is 8. The molecule has 5 rings (SSSR count). The van der Waals surface area contributed by atoms with E-state index in [0.29, 0.717) is 35.8 Å². The maximum absolute atomic E-state index is 13.2. The van der Waals surface area contributed by atoms with Crippen molar-refractivity contribution < 1.29 is 24.5 Å². The van der Waals surface area contributed by atoms with Crippen LogP contribution < -0.4 is 15.4 Å². The van der Waals surface area contributed by atoms with Gasteiger partial charge in [-0.25, -0.2) is 4.98 Å². The largest absolute Gasteiger partial charge is 0.497 e. The molecule has 1 saturated carbocycles. The SMILES string of the molecule is COc1ccc(C(=O)Nc2nc3c(s2)CC2C(C)(CO)C(O)CCC2(C)C3CC(=O)NCc2cccs2)cc1. The molecule has 39 heavy (non-hydrogen) atoms. The summed E-state index contributed by atoms with van der Waals surface area (Å²) in [5.74, 6) is 0.0762. The first-order valence-corrected chi connectivity index (χ1v) is 14.9. The molecule has 1 fully saturated rings. The summed E-state index contributed by atoms with van der Waals surface area (Å²) in [6.07, 6.45) is 1.53. The highest BCUT2D eigenvalue weighted by Crippen LogP contribution is 2.62. The number of benzene rings is 1. The molecular weight excluding hydrogens is 534 g/mol. The Labute approximate surface area is 236 Å². The van der Waals surface area contributed by atoms with Gasteiger partial charge in [-0.15, -0.1) is 22.7 Å². The summed E-state index contributed by atoms with van der Waals surface area (Å²) < 4.78 is 5.18. The van der Waals surface area contributed by atoms with E-state index >= 15 is 0 Å². The van der Waals surface area contributed by atoms with Crippen molar-refractivity contribution >= 4 is 39.6 Å². The minimum atomic E-state index is -0.702. The molecule has 2 aliphatic rings. The molecule has 8 nitrogen and oxygen atoms in total. The number of thiazole rings is 1. The van der Waals surface area contributed by atoms with E-state index in [4.69, 9.17) is 9.72 Å².